The van der Waals surface area contributed by atoms with Crippen molar-refractivity contribution in [2.75, 3.05) is 7.11 Å². The van der Waals surface area contributed by atoms with E-state index in [0.29, 0.717) is 16.7 Å². The van der Waals surface area contributed by atoms with Crippen LogP contribution in [0.3, 0.4) is 0 Å². The Morgan fingerprint density at radius 1 is 0.854 bits per heavy atom. The maximum atomic E-state index is 14.1. The topological polar surface area (TPSA) is 114 Å². The van der Waals surface area contributed by atoms with Gasteiger partial charge in [-0.1, -0.05) is 78.3 Å². The molecular formula is C36H39ClFN3O6S. The number of benzene rings is 4. The van der Waals surface area contributed by atoms with Gasteiger partial charge in [-0.3, -0.25) is 4.79 Å². The number of ether oxygens (including phenoxy) is 2. The standard InChI is InChI=1S/C36H39ClFN3O6S/c1-36(2,3)47-35(43)40-31(20-25-9-6-5-7-10-25)34(42)39-22-27-11-8-12-28(19-27)24-41(23-26-13-16-30(38)17-14-26)48(44,45)33-21-29(37)15-18-32(33)46-4/h5-19,21,31H,20,22-24H2,1-4H3,(H,39,42)(H,40,43)/t31-/m1/s1. The van der Waals surface area contributed by atoms with Crippen LogP contribution < -0.4 is 15.4 Å². The van der Waals surface area contributed by atoms with Gasteiger partial charge in [0.1, 0.15) is 28.1 Å². The van der Waals surface area contributed by atoms with Gasteiger partial charge < -0.3 is 20.1 Å². The van der Waals surface area contributed by atoms with Gasteiger partial charge in [-0.15, -0.1) is 0 Å². The largest absolute Gasteiger partial charge is 0.495 e. The molecule has 9 nitrogen and oxygen atoms in total. The lowest BCUT2D eigenvalue weighted by molar-refractivity contribution is -0.123. The SMILES string of the molecule is COc1ccc(Cl)cc1S(=O)(=O)N(Cc1ccc(F)cc1)Cc1cccc(CNC(=O)[C@@H](Cc2ccccc2)NC(=O)OC(C)(C)C)c1. The number of nitrogens with zero attached hydrogens (tertiary/aromatic N) is 1. The zero-order valence-electron chi connectivity index (χ0n) is 27.2. The number of rotatable bonds is 13. The number of alkyl carbamates (subject to hydrolysis) is 1. The first-order valence-corrected chi connectivity index (χ1v) is 17.0. The summed E-state index contributed by atoms with van der Waals surface area (Å²) in [5, 5.41) is 5.78. The Hall–Kier alpha value is -4.45. The van der Waals surface area contributed by atoms with E-state index in [9.17, 15) is 22.4 Å². The molecule has 2 amide bonds. The van der Waals surface area contributed by atoms with E-state index < -0.39 is 39.5 Å². The third kappa shape index (κ3) is 10.5. The molecule has 0 saturated heterocycles. The van der Waals surface area contributed by atoms with Crippen molar-refractivity contribution < 1.29 is 31.9 Å². The van der Waals surface area contributed by atoms with Gasteiger partial charge in [0.15, 0.2) is 0 Å². The third-order valence-electron chi connectivity index (χ3n) is 7.12. The van der Waals surface area contributed by atoms with Gasteiger partial charge in [0.05, 0.1) is 7.11 Å². The van der Waals surface area contributed by atoms with Crippen molar-refractivity contribution in [1.82, 2.24) is 14.9 Å². The van der Waals surface area contributed by atoms with Gasteiger partial charge in [0.2, 0.25) is 15.9 Å². The van der Waals surface area contributed by atoms with E-state index in [4.69, 9.17) is 21.1 Å². The van der Waals surface area contributed by atoms with Crippen molar-refractivity contribution in [3.63, 3.8) is 0 Å². The molecule has 48 heavy (non-hydrogen) atoms. The van der Waals surface area contributed by atoms with Crippen LogP contribution in [-0.2, 0) is 45.6 Å². The number of halogens is 2. The van der Waals surface area contributed by atoms with Gasteiger partial charge in [-0.25, -0.2) is 17.6 Å². The molecule has 4 aromatic carbocycles. The average Bonchev–Trinajstić information content (AvgIpc) is 3.04. The summed E-state index contributed by atoms with van der Waals surface area (Å²) in [6, 6.07) is 25.5. The van der Waals surface area contributed by atoms with Crippen LogP contribution in [0.25, 0.3) is 0 Å². The first kappa shape index (κ1) is 36.4. The summed E-state index contributed by atoms with van der Waals surface area (Å²) in [6.45, 7) is 5.22. The fourth-order valence-corrected chi connectivity index (χ4v) is 6.71. The molecule has 0 fully saturated rings. The molecule has 0 spiro atoms. The van der Waals surface area contributed by atoms with E-state index in [-0.39, 0.29) is 41.7 Å². The molecule has 254 valence electrons. The summed E-state index contributed by atoms with van der Waals surface area (Å²) in [5.41, 5.74) is 2.03. The van der Waals surface area contributed by atoms with Gasteiger partial charge in [-0.05, 0) is 73.4 Å². The fraction of sp³-hybridized carbons (Fsp3) is 0.278. The molecule has 0 radical (unpaired) electrons. The van der Waals surface area contributed by atoms with Gasteiger partial charge in [0, 0.05) is 31.1 Å². The molecule has 1 atom stereocenters. The van der Waals surface area contributed by atoms with Crippen molar-refractivity contribution in [2.45, 2.75) is 63.4 Å². The van der Waals surface area contributed by atoms with Crippen LogP contribution >= 0.6 is 11.6 Å². The number of amides is 2. The smallest absolute Gasteiger partial charge is 0.408 e. The maximum Gasteiger partial charge on any atom is 0.408 e. The summed E-state index contributed by atoms with van der Waals surface area (Å²) in [5.74, 6) is -0.722. The highest BCUT2D eigenvalue weighted by molar-refractivity contribution is 7.89. The maximum absolute atomic E-state index is 14.1. The normalized spacial score (nSPS) is 12.3. The highest BCUT2D eigenvalue weighted by Gasteiger charge is 2.29. The summed E-state index contributed by atoms with van der Waals surface area (Å²) in [4.78, 5) is 25.8. The first-order valence-electron chi connectivity index (χ1n) is 15.2. The van der Waals surface area contributed by atoms with Gasteiger partial charge >= 0.3 is 6.09 Å². The number of carbonyl (C=O) groups is 2. The number of methoxy groups -OCH3 is 1. The van der Waals surface area contributed by atoms with Crippen LogP contribution in [0.15, 0.2) is 102 Å². The Morgan fingerprint density at radius 3 is 2.17 bits per heavy atom. The van der Waals surface area contributed by atoms with Crippen LogP contribution in [0.5, 0.6) is 5.75 Å². The lowest BCUT2D eigenvalue weighted by atomic mass is 10.0. The molecule has 0 aliphatic heterocycles. The third-order valence-corrected chi connectivity index (χ3v) is 9.17. The van der Waals surface area contributed by atoms with E-state index in [1.165, 1.54) is 53.9 Å². The second kappa shape index (κ2) is 16.1. The van der Waals surface area contributed by atoms with E-state index in [0.717, 1.165) is 5.56 Å². The highest BCUT2D eigenvalue weighted by atomic mass is 35.5. The van der Waals surface area contributed by atoms with Crippen molar-refractivity contribution in [3.05, 3.63) is 130 Å². The molecule has 0 aromatic heterocycles. The van der Waals surface area contributed by atoms with Crippen LogP contribution in [0.4, 0.5) is 9.18 Å². The summed E-state index contributed by atoms with van der Waals surface area (Å²) in [6.07, 6.45) is -0.464. The Labute approximate surface area is 286 Å². The molecule has 4 rings (SSSR count). The predicted octanol–water partition coefficient (Wildman–Crippen LogP) is 6.63. The fourth-order valence-electron chi connectivity index (χ4n) is 4.87. The molecule has 0 aliphatic rings. The Kier molecular flexibility index (Phi) is 12.2. The zero-order chi connectivity index (χ0) is 34.9. The summed E-state index contributed by atoms with van der Waals surface area (Å²) in [7, 11) is -2.80. The average molecular weight is 696 g/mol. The molecule has 0 heterocycles. The lowest BCUT2D eigenvalue weighted by Crippen LogP contribution is -2.49. The molecule has 12 heteroatoms. The molecule has 0 bridgehead atoms. The second-order valence-electron chi connectivity index (χ2n) is 12.1. The summed E-state index contributed by atoms with van der Waals surface area (Å²) < 4.78 is 53.7. The second-order valence-corrected chi connectivity index (χ2v) is 14.5. The minimum absolute atomic E-state index is 0.0476. The number of sulfonamides is 1. The Balaban J connectivity index is 1.55. The van der Waals surface area contributed by atoms with Crippen LogP contribution in [-0.4, -0.2) is 43.5 Å². The molecule has 0 aliphatic carbocycles. The lowest BCUT2D eigenvalue weighted by Gasteiger charge is -2.24. The monoisotopic (exact) mass is 695 g/mol. The van der Waals surface area contributed by atoms with Gasteiger partial charge in [0.25, 0.3) is 0 Å². The first-order chi connectivity index (χ1) is 22.7. The van der Waals surface area contributed by atoms with Crippen LogP contribution in [0.1, 0.15) is 43.0 Å². The molecular weight excluding hydrogens is 657 g/mol. The molecule has 0 unspecified atom stereocenters. The minimum atomic E-state index is -4.17. The predicted molar refractivity (Wildman–Crippen MR) is 182 cm³/mol. The van der Waals surface area contributed by atoms with E-state index in [2.05, 4.69) is 10.6 Å². The van der Waals surface area contributed by atoms with Crippen molar-refractivity contribution >= 4 is 33.6 Å². The molecule has 0 saturated carbocycles. The summed E-state index contributed by atoms with van der Waals surface area (Å²) >= 11 is 6.18. The van der Waals surface area contributed by atoms with Crippen molar-refractivity contribution in [2.24, 2.45) is 0 Å². The Bertz CT molecular complexity index is 1820. The van der Waals surface area contributed by atoms with Crippen molar-refractivity contribution in [3.8, 4) is 5.75 Å². The van der Waals surface area contributed by atoms with Crippen LogP contribution in [0.2, 0.25) is 5.02 Å². The number of hydrogen-bond acceptors (Lipinski definition) is 6. The van der Waals surface area contributed by atoms with Crippen LogP contribution in [0, 0.1) is 5.82 Å². The van der Waals surface area contributed by atoms with Gasteiger partial charge in [-0.2, -0.15) is 4.31 Å². The van der Waals surface area contributed by atoms with E-state index >= 15 is 0 Å². The number of carbonyl (C=O) groups excluding carboxylic acids is 2. The molecule has 2 N–H and O–H groups in total. The van der Waals surface area contributed by atoms with E-state index in [1.54, 1.807) is 45.0 Å². The number of hydrogen-bond donors (Lipinski definition) is 2. The molecule has 4 aromatic rings. The van der Waals surface area contributed by atoms with E-state index in [1.807, 2.05) is 30.3 Å². The van der Waals surface area contributed by atoms with Crippen molar-refractivity contribution in [1.29, 1.82) is 0 Å². The number of nitrogens with one attached hydrogen (secondary N) is 2. The minimum Gasteiger partial charge on any atom is -0.495 e. The highest BCUT2D eigenvalue weighted by Crippen LogP contribution is 2.31. The quantitative estimate of drug-likeness (QED) is 0.162. The zero-order valence-corrected chi connectivity index (χ0v) is 28.8. The Morgan fingerprint density at radius 2 is 1.50 bits per heavy atom.